The van der Waals surface area contributed by atoms with E-state index in [1.165, 1.54) is 21.8 Å². The first-order chi connectivity index (χ1) is 17.0. The number of esters is 1. The molecule has 5 rings (SSSR count). The van der Waals surface area contributed by atoms with Gasteiger partial charge >= 0.3 is 5.97 Å². The number of pyridine rings is 1. The first-order valence-corrected chi connectivity index (χ1v) is 12.2. The Kier molecular flexibility index (Phi) is 6.12. The molecular weight excluding hydrogens is 432 g/mol. The lowest BCUT2D eigenvalue weighted by Crippen LogP contribution is -2.33. The van der Waals surface area contributed by atoms with Crippen molar-refractivity contribution < 1.29 is 9.53 Å². The van der Waals surface area contributed by atoms with Gasteiger partial charge in [0.15, 0.2) is 0 Å². The molecule has 0 aliphatic heterocycles. The van der Waals surface area contributed by atoms with E-state index in [1.54, 1.807) is 6.20 Å². The number of benzene rings is 3. The van der Waals surface area contributed by atoms with Crippen LogP contribution in [0.1, 0.15) is 39.7 Å². The van der Waals surface area contributed by atoms with Gasteiger partial charge < -0.3 is 9.30 Å². The summed E-state index contributed by atoms with van der Waals surface area (Å²) in [5.74, 6) is 0.341. The van der Waals surface area contributed by atoms with Crippen LogP contribution in [0.25, 0.3) is 33.1 Å². The molecule has 0 amide bonds. The summed E-state index contributed by atoms with van der Waals surface area (Å²) in [7, 11) is 0. The Hall–Kier alpha value is -3.92. The maximum atomic E-state index is 13.5. The third-order valence-corrected chi connectivity index (χ3v) is 7.08. The number of para-hydroxylation sites is 2. The summed E-state index contributed by atoms with van der Waals surface area (Å²) in [6.07, 6.45) is 3.12. The van der Waals surface area contributed by atoms with Crippen LogP contribution in [0.3, 0.4) is 0 Å². The van der Waals surface area contributed by atoms with Gasteiger partial charge in [0.05, 0.1) is 11.1 Å². The zero-order valence-electron chi connectivity index (χ0n) is 20.4. The monoisotopic (exact) mass is 462 g/mol. The summed E-state index contributed by atoms with van der Waals surface area (Å²) in [6, 6.07) is 30.5. The molecule has 4 heteroatoms. The zero-order chi connectivity index (χ0) is 24.4. The van der Waals surface area contributed by atoms with Crippen LogP contribution in [0.15, 0.2) is 97.2 Å². The Morgan fingerprint density at radius 2 is 1.57 bits per heavy atom. The highest BCUT2D eigenvalue weighted by molar-refractivity contribution is 6.08. The predicted molar refractivity (Wildman–Crippen MR) is 142 cm³/mol. The molecule has 2 aromatic heterocycles. The number of ether oxygens (including phenoxy) is 1. The van der Waals surface area contributed by atoms with Gasteiger partial charge in [0, 0.05) is 39.6 Å². The minimum atomic E-state index is -0.632. The quantitative estimate of drug-likeness (QED) is 0.183. The number of hydrogen-bond donors (Lipinski definition) is 0. The highest BCUT2D eigenvalue weighted by Gasteiger charge is 2.36. The minimum absolute atomic E-state index is 0.108. The second-order valence-electron chi connectivity index (χ2n) is 9.50. The highest BCUT2D eigenvalue weighted by atomic mass is 16.5. The molecule has 0 bridgehead atoms. The Morgan fingerprint density at radius 3 is 2.20 bits per heavy atom. The maximum absolute atomic E-state index is 13.5. The average molecular weight is 463 g/mol. The van der Waals surface area contributed by atoms with Crippen molar-refractivity contribution in [3.63, 3.8) is 0 Å². The van der Waals surface area contributed by atoms with Crippen LogP contribution < -0.4 is 4.74 Å². The first-order valence-electron chi connectivity index (χ1n) is 12.2. The van der Waals surface area contributed by atoms with E-state index in [1.807, 2.05) is 49.4 Å². The molecule has 0 saturated heterocycles. The number of aromatic nitrogens is 2. The molecule has 176 valence electrons. The van der Waals surface area contributed by atoms with Crippen molar-refractivity contribution in [2.24, 2.45) is 5.41 Å². The van der Waals surface area contributed by atoms with E-state index in [2.05, 4.69) is 71.9 Å². The molecule has 0 spiro atoms. The molecule has 0 aliphatic rings. The Morgan fingerprint density at radius 1 is 0.914 bits per heavy atom. The van der Waals surface area contributed by atoms with Gasteiger partial charge in [-0.05, 0) is 63.1 Å². The summed E-state index contributed by atoms with van der Waals surface area (Å²) in [4.78, 5) is 17.9. The lowest BCUT2D eigenvalue weighted by molar-refractivity contribution is -0.146. The van der Waals surface area contributed by atoms with E-state index in [-0.39, 0.29) is 12.0 Å². The van der Waals surface area contributed by atoms with Crippen LogP contribution in [-0.4, -0.2) is 15.5 Å². The summed E-state index contributed by atoms with van der Waals surface area (Å²) < 4.78 is 8.32. The van der Waals surface area contributed by atoms with Gasteiger partial charge in [-0.2, -0.15) is 0 Å². The summed E-state index contributed by atoms with van der Waals surface area (Å²) >= 11 is 0. The number of fused-ring (bicyclic) bond motifs is 3. The van der Waals surface area contributed by atoms with Crippen molar-refractivity contribution in [3.8, 4) is 17.0 Å². The van der Waals surface area contributed by atoms with Crippen molar-refractivity contribution in [2.75, 3.05) is 0 Å². The molecule has 4 nitrogen and oxygen atoms in total. The van der Waals surface area contributed by atoms with Crippen molar-refractivity contribution in [1.82, 2.24) is 9.55 Å². The molecule has 0 fully saturated rings. The van der Waals surface area contributed by atoms with Crippen LogP contribution in [-0.2, 0) is 4.79 Å². The number of carbonyl (C=O) groups is 1. The maximum Gasteiger partial charge on any atom is 0.317 e. The molecule has 35 heavy (non-hydrogen) atoms. The molecule has 0 radical (unpaired) electrons. The van der Waals surface area contributed by atoms with E-state index in [4.69, 9.17) is 4.74 Å². The van der Waals surface area contributed by atoms with Crippen LogP contribution in [0.5, 0.6) is 5.75 Å². The van der Waals surface area contributed by atoms with Gasteiger partial charge in [-0.1, -0.05) is 61.5 Å². The largest absolute Gasteiger partial charge is 0.426 e. The van der Waals surface area contributed by atoms with Crippen LogP contribution in [0, 0.1) is 5.41 Å². The average Bonchev–Trinajstić information content (AvgIpc) is 3.24. The summed E-state index contributed by atoms with van der Waals surface area (Å²) in [5.41, 5.74) is 3.52. The van der Waals surface area contributed by atoms with E-state index in [9.17, 15) is 4.79 Å². The molecule has 0 saturated carbocycles. The van der Waals surface area contributed by atoms with Crippen LogP contribution >= 0.6 is 0 Å². The molecule has 2 unspecified atom stereocenters. The molecular formula is C31H30N2O2. The number of hydrogen-bond acceptors (Lipinski definition) is 3. The third kappa shape index (κ3) is 4.32. The van der Waals surface area contributed by atoms with Gasteiger partial charge in [0.25, 0.3) is 0 Å². The number of nitrogens with zero attached hydrogens (tertiary/aromatic N) is 2. The van der Waals surface area contributed by atoms with E-state index in [0.29, 0.717) is 18.6 Å². The van der Waals surface area contributed by atoms with Crippen LogP contribution in [0.4, 0.5) is 0 Å². The summed E-state index contributed by atoms with van der Waals surface area (Å²) in [5, 5.41) is 2.48. The fourth-order valence-corrected chi connectivity index (χ4v) is 5.03. The highest BCUT2D eigenvalue weighted by Crippen LogP contribution is 2.39. The molecule has 5 aromatic rings. The smallest absolute Gasteiger partial charge is 0.317 e. The van der Waals surface area contributed by atoms with Gasteiger partial charge in [-0.25, -0.2) is 0 Å². The second kappa shape index (κ2) is 9.38. The Balaban J connectivity index is 1.42. The van der Waals surface area contributed by atoms with Crippen molar-refractivity contribution in [3.05, 3.63) is 97.2 Å². The number of carbonyl (C=O) groups excluding carboxylic acids is 1. The lowest BCUT2D eigenvalue weighted by atomic mass is 9.81. The second-order valence-corrected chi connectivity index (χ2v) is 9.50. The SMILES string of the molecule is CCC(C)(CC(C)n1c2ccccc2c2ccccc21)C(=O)Oc1cccc(-c2ccccn2)c1. The topological polar surface area (TPSA) is 44.1 Å². The fraction of sp³-hybridized carbons (Fsp3) is 0.226. The third-order valence-electron chi connectivity index (χ3n) is 7.08. The molecule has 0 aliphatic carbocycles. The molecule has 0 N–H and O–H groups in total. The standard InChI is InChI=1S/C31H30N2O2/c1-4-31(3,30(34)35-24-13-11-12-23(20-24)27-16-9-10-19-32-27)21-22(2)33-28-17-7-5-14-25(28)26-15-6-8-18-29(26)33/h5-20,22H,4,21H2,1-3H3. The fourth-order valence-electron chi connectivity index (χ4n) is 5.03. The van der Waals surface area contributed by atoms with Gasteiger partial charge in [-0.15, -0.1) is 0 Å². The van der Waals surface area contributed by atoms with Crippen molar-refractivity contribution >= 4 is 27.8 Å². The first kappa shape index (κ1) is 22.9. The molecule has 2 atom stereocenters. The van der Waals surface area contributed by atoms with E-state index in [0.717, 1.165) is 11.3 Å². The summed E-state index contributed by atoms with van der Waals surface area (Å²) in [6.45, 7) is 6.27. The Labute approximate surface area is 206 Å². The number of rotatable bonds is 7. The van der Waals surface area contributed by atoms with Gasteiger partial charge in [-0.3, -0.25) is 9.78 Å². The molecule has 3 aromatic carbocycles. The van der Waals surface area contributed by atoms with Crippen molar-refractivity contribution in [1.29, 1.82) is 0 Å². The lowest BCUT2D eigenvalue weighted by Gasteiger charge is -2.30. The van der Waals surface area contributed by atoms with Gasteiger partial charge in [0.1, 0.15) is 5.75 Å². The predicted octanol–water partition coefficient (Wildman–Crippen LogP) is 7.83. The van der Waals surface area contributed by atoms with Gasteiger partial charge in [0.2, 0.25) is 0 Å². The van der Waals surface area contributed by atoms with E-state index < -0.39 is 5.41 Å². The molecule has 2 heterocycles. The normalized spacial score (nSPS) is 14.0. The van der Waals surface area contributed by atoms with Crippen LogP contribution in [0.2, 0.25) is 0 Å². The van der Waals surface area contributed by atoms with Crippen molar-refractivity contribution in [2.45, 2.75) is 39.7 Å². The minimum Gasteiger partial charge on any atom is -0.426 e. The Bertz CT molecular complexity index is 1430. The van der Waals surface area contributed by atoms with E-state index >= 15 is 0 Å². The zero-order valence-corrected chi connectivity index (χ0v) is 20.4.